The second-order valence-corrected chi connectivity index (χ2v) is 10.3. The van der Waals surface area contributed by atoms with Gasteiger partial charge in [0.25, 0.3) is 5.56 Å². The van der Waals surface area contributed by atoms with E-state index in [0.29, 0.717) is 52.2 Å². The van der Waals surface area contributed by atoms with Gasteiger partial charge in [-0.3, -0.25) is 14.3 Å². The Balaban J connectivity index is 1.90. The minimum Gasteiger partial charge on any atom is -0.338 e. The fourth-order valence-corrected chi connectivity index (χ4v) is 4.39. The van der Waals surface area contributed by atoms with E-state index in [9.17, 15) is 4.79 Å². The Kier molecular flexibility index (Phi) is 7.21. The van der Waals surface area contributed by atoms with Gasteiger partial charge in [0.1, 0.15) is 0 Å². The van der Waals surface area contributed by atoms with Crippen LogP contribution in [0.3, 0.4) is 0 Å². The molecule has 8 heteroatoms. The first kappa shape index (κ1) is 23.5. The van der Waals surface area contributed by atoms with Crippen LogP contribution >= 0.6 is 11.8 Å². The molecule has 0 atom stereocenters. The van der Waals surface area contributed by atoms with Crippen molar-refractivity contribution in [2.45, 2.75) is 83.4 Å². The molecule has 0 N–H and O–H groups in total. The molecule has 0 aliphatic heterocycles. The highest BCUT2D eigenvalue weighted by Crippen LogP contribution is 2.24. The van der Waals surface area contributed by atoms with Gasteiger partial charge in [-0.15, -0.1) is 0 Å². The maximum atomic E-state index is 13.3. The lowest BCUT2D eigenvalue weighted by molar-refractivity contribution is 0.166. The van der Waals surface area contributed by atoms with Crippen molar-refractivity contribution in [3.05, 3.63) is 46.3 Å². The van der Waals surface area contributed by atoms with E-state index in [-0.39, 0.29) is 11.0 Å². The van der Waals surface area contributed by atoms with E-state index in [1.54, 1.807) is 4.57 Å². The van der Waals surface area contributed by atoms with Gasteiger partial charge in [-0.2, -0.15) is 4.98 Å². The maximum Gasteiger partial charge on any atom is 0.262 e. The SMILES string of the molecule is CC(C)N(CCn1c(SCc2nc(C(C)(C)C)no2)nc2ccccc2c1=O)C(C)C. The van der Waals surface area contributed by atoms with E-state index >= 15 is 0 Å². The van der Waals surface area contributed by atoms with Crippen LogP contribution < -0.4 is 5.56 Å². The van der Waals surface area contributed by atoms with Crippen LogP contribution in [-0.2, 0) is 17.7 Å². The van der Waals surface area contributed by atoms with Gasteiger partial charge < -0.3 is 4.52 Å². The topological polar surface area (TPSA) is 77.1 Å². The Hall–Kier alpha value is -2.19. The van der Waals surface area contributed by atoms with Crippen LogP contribution in [0.25, 0.3) is 10.9 Å². The molecular weight excluding hydrogens is 410 g/mol. The summed E-state index contributed by atoms with van der Waals surface area (Å²) in [6.07, 6.45) is 0. The van der Waals surface area contributed by atoms with E-state index in [0.717, 1.165) is 6.54 Å². The van der Waals surface area contributed by atoms with Gasteiger partial charge in [-0.05, 0) is 39.8 Å². The summed E-state index contributed by atoms with van der Waals surface area (Å²) >= 11 is 1.46. The molecule has 0 aliphatic rings. The number of rotatable bonds is 8. The van der Waals surface area contributed by atoms with Crippen LogP contribution in [0.5, 0.6) is 0 Å². The predicted octanol–water partition coefficient (Wildman–Crippen LogP) is 4.49. The number of hydrogen-bond acceptors (Lipinski definition) is 7. The molecule has 0 aliphatic carbocycles. The Morgan fingerprint density at radius 3 is 2.39 bits per heavy atom. The molecule has 0 saturated heterocycles. The molecule has 0 bridgehead atoms. The van der Waals surface area contributed by atoms with Gasteiger partial charge in [-0.25, -0.2) is 4.98 Å². The molecule has 3 aromatic rings. The van der Waals surface area contributed by atoms with Crippen molar-refractivity contribution in [2.75, 3.05) is 6.54 Å². The summed E-state index contributed by atoms with van der Waals surface area (Å²) in [6, 6.07) is 8.30. The zero-order valence-corrected chi connectivity index (χ0v) is 20.4. The highest BCUT2D eigenvalue weighted by molar-refractivity contribution is 7.98. The Morgan fingerprint density at radius 2 is 1.77 bits per heavy atom. The van der Waals surface area contributed by atoms with Crippen LogP contribution in [0.1, 0.15) is 60.2 Å². The number of hydrogen-bond donors (Lipinski definition) is 0. The van der Waals surface area contributed by atoms with Gasteiger partial charge in [0.2, 0.25) is 5.89 Å². The Labute approximate surface area is 188 Å². The van der Waals surface area contributed by atoms with Crippen LogP contribution in [0.2, 0.25) is 0 Å². The molecule has 0 saturated carbocycles. The van der Waals surface area contributed by atoms with E-state index in [4.69, 9.17) is 9.51 Å². The standard InChI is InChI=1S/C23H33N5O2S/c1-15(2)27(16(3)4)12-13-28-20(29)17-10-8-9-11-18(17)24-22(28)31-14-19-25-21(26-30-19)23(5,6)7/h8-11,15-16H,12-14H2,1-7H3. The molecule has 168 valence electrons. The van der Waals surface area contributed by atoms with Gasteiger partial charge in [-0.1, -0.05) is 49.8 Å². The Bertz CT molecular complexity index is 1070. The van der Waals surface area contributed by atoms with Gasteiger partial charge in [0.15, 0.2) is 11.0 Å². The summed E-state index contributed by atoms with van der Waals surface area (Å²) in [4.78, 5) is 25.0. The van der Waals surface area contributed by atoms with Gasteiger partial charge in [0.05, 0.1) is 16.7 Å². The molecule has 1 aromatic carbocycles. The molecule has 7 nitrogen and oxygen atoms in total. The first-order valence-electron chi connectivity index (χ1n) is 10.8. The van der Waals surface area contributed by atoms with Gasteiger partial charge >= 0.3 is 0 Å². The average molecular weight is 444 g/mol. The maximum absolute atomic E-state index is 13.3. The summed E-state index contributed by atoms with van der Waals surface area (Å²) in [5, 5.41) is 5.40. The summed E-state index contributed by atoms with van der Waals surface area (Å²) in [7, 11) is 0. The lowest BCUT2D eigenvalue weighted by Crippen LogP contribution is -2.40. The van der Waals surface area contributed by atoms with Crippen molar-refractivity contribution >= 4 is 22.7 Å². The van der Waals surface area contributed by atoms with Gasteiger partial charge in [0, 0.05) is 30.6 Å². The number of aromatic nitrogens is 4. The molecule has 2 aromatic heterocycles. The highest BCUT2D eigenvalue weighted by atomic mass is 32.2. The molecule has 0 radical (unpaired) electrons. The minimum absolute atomic E-state index is 0.0125. The monoisotopic (exact) mass is 443 g/mol. The third kappa shape index (κ3) is 5.54. The first-order chi connectivity index (χ1) is 14.6. The predicted molar refractivity (Wildman–Crippen MR) is 126 cm³/mol. The summed E-state index contributed by atoms with van der Waals surface area (Å²) in [5.41, 5.74) is 0.519. The number of benzene rings is 1. The molecule has 0 fully saturated rings. The molecular formula is C23H33N5O2S. The second kappa shape index (κ2) is 9.53. The number of thioether (sulfide) groups is 1. The van der Waals surface area contributed by atoms with E-state index < -0.39 is 0 Å². The highest BCUT2D eigenvalue weighted by Gasteiger charge is 2.22. The number of para-hydroxylation sites is 1. The normalized spacial score (nSPS) is 12.6. The largest absolute Gasteiger partial charge is 0.338 e. The van der Waals surface area contributed by atoms with Crippen molar-refractivity contribution in [1.29, 1.82) is 0 Å². The van der Waals surface area contributed by atoms with Crippen molar-refractivity contribution < 1.29 is 4.52 Å². The van der Waals surface area contributed by atoms with E-state index in [1.807, 2.05) is 45.0 Å². The summed E-state index contributed by atoms with van der Waals surface area (Å²) in [6.45, 7) is 16.2. The third-order valence-corrected chi connectivity index (χ3v) is 6.16. The van der Waals surface area contributed by atoms with E-state index in [1.165, 1.54) is 11.8 Å². The number of fused-ring (bicyclic) bond motifs is 1. The van der Waals surface area contributed by atoms with Crippen LogP contribution in [0, 0.1) is 0 Å². The Morgan fingerprint density at radius 1 is 1.10 bits per heavy atom. The molecule has 3 rings (SSSR count). The fraction of sp³-hybridized carbons (Fsp3) is 0.565. The molecule has 2 heterocycles. The van der Waals surface area contributed by atoms with Crippen LogP contribution in [0.15, 0.2) is 38.7 Å². The number of nitrogens with zero attached hydrogens (tertiary/aromatic N) is 5. The third-order valence-electron chi connectivity index (χ3n) is 5.20. The van der Waals surface area contributed by atoms with E-state index in [2.05, 4.69) is 42.7 Å². The fourth-order valence-electron chi connectivity index (χ4n) is 3.53. The molecule has 31 heavy (non-hydrogen) atoms. The zero-order chi connectivity index (χ0) is 22.8. The van der Waals surface area contributed by atoms with Crippen molar-refractivity contribution in [3.63, 3.8) is 0 Å². The van der Waals surface area contributed by atoms with Crippen LogP contribution in [0.4, 0.5) is 0 Å². The van der Waals surface area contributed by atoms with Crippen molar-refractivity contribution in [1.82, 2.24) is 24.6 Å². The van der Waals surface area contributed by atoms with Crippen LogP contribution in [-0.4, -0.2) is 43.2 Å². The smallest absolute Gasteiger partial charge is 0.262 e. The van der Waals surface area contributed by atoms with Crippen molar-refractivity contribution in [3.8, 4) is 0 Å². The average Bonchev–Trinajstić information content (AvgIpc) is 3.17. The summed E-state index contributed by atoms with van der Waals surface area (Å²) in [5.74, 6) is 1.68. The van der Waals surface area contributed by atoms with Crippen molar-refractivity contribution in [2.24, 2.45) is 0 Å². The second-order valence-electron chi connectivity index (χ2n) is 9.34. The first-order valence-corrected chi connectivity index (χ1v) is 11.8. The minimum atomic E-state index is -0.174. The molecule has 0 amide bonds. The molecule has 0 spiro atoms. The summed E-state index contributed by atoms with van der Waals surface area (Å²) < 4.78 is 7.21. The quantitative estimate of drug-likeness (QED) is 0.375. The molecule has 0 unspecified atom stereocenters. The lowest BCUT2D eigenvalue weighted by Gasteiger charge is -2.30. The zero-order valence-electron chi connectivity index (χ0n) is 19.5. The lowest BCUT2D eigenvalue weighted by atomic mass is 9.96.